The highest BCUT2D eigenvalue weighted by Crippen LogP contribution is 2.26. The first-order valence-electron chi connectivity index (χ1n) is 9.55. The molecule has 0 saturated heterocycles. The van der Waals surface area contributed by atoms with Gasteiger partial charge >= 0.3 is 0 Å². The average molecular weight is 376 g/mol. The number of aromatic nitrogens is 2. The fraction of sp³-hybridized carbons (Fsp3) is 0.273. The van der Waals surface area contributed by atoms with Gasteiger partial charge in [-0.2, -0.15) is 5.10 Å². The van der Waals surface area contributed by atoms with Crippen LogP contribution >= 0.6 is 0 Å². The van der Waals surface area contributed by atoms with E-state index >= 15 is 0 Å². The van der Waals surface area contributed by atoms with Gasteiger partial charge in [0.2, 0.25) is 0 Å². The Kier molecular flexibility index (Phi) is 5.28. The van der Waals surface area contributed by atoms with Gasteiger partial charge in [-0.1, -0.05) is 18.2 Å². The van der Waals surface area contributed by atoms with Gasteiger partial charge in [-0.15, -0.1) is 0 Å². The van der Waals surface area contributed by atoms with E-state index in [9.17, 15) is 4.79 Å². The van der Waals surface area contributed by atoms with Gasteiger partial charge in [0, 0.05) is 30.9 Å². The van der Waals surface area contributed by atoms with Crippen molar-refractivity contribution >= 4 is 11.6 Å². The first-order valence-corrected chi connectivity index (χ1v) is 9.55. The van der Waals surface area contributed by atoms with Crippen LogP contribution in [-0.2, 0) is 6.42 Å². The predicted molar refractivity (Wildman–Crippen MR) is 110 cm³/mol. The van der Waals surface area contributed by atoms with Crippen molar-refractivity contribution in [3.8, 4) is 17.0 Å². The summed E-state index contributed by atoms with van der Waals surface area (Å²) in [6.07, 6.45) is 2.28. The number of fused-ring (bicyclic) bond motifs is 1. The number of hydrogen-bond acceptors (Lipinski definition) is 4. The van der Waals surface area contributed by atoms with Crippen LogP contribution in [0, 0.1) is 0 Å². The number of methoxy groups -OCH3 is 1. The highest BCUT2D eigenvalue weighted by Gasteiger charge is 2.16. The monoisotopic (exact) mass is 376 g/mol. The molecule has 2 aromatic carbocycles. The van der Waals surface area contributed by atoms with Gasteiger partial charge in [-0.05, 0) is 54.8 Å². The Hall–Kier alpha value is -3.28. The fourth-order valence-corrected chi connectivity index (χ4v) is 3.59. The molecule has 0 aliphatic carbocycles. The molecule has 1 aliphatic heterocycles. The molecule has 28 heavy (non-hydrogen) atoms. The normalized spacial score (nSPS) is 13.1. The number of carbonyl (C=O) groups is 1. The number of rotatable bonds is 6. The molecule has 3 aromatic rings. The smallest absolute Gasteiger partial charge is 0.269 e. The number of benzene rings is 2. The van der Waals surface area contributed by atoms with Crippen LogP contribution in [0.15, 0.2) is 54.6 Å². The summed E-state index contributed by atoms with van der Waals surface area (Å²) in [5, 5.41) is 10.1. The van der Waals surface area contributed by atoms with Crippen LogP contribution in [0.3, 0.4) is 0 Å². The van der Waals surface area contributed by atoms with Gasteiger partial charge in [0.25, 0.3) is 5.91 Å². The molecule has 6 heteroatoms. The molecule has 0 fully saturated rings. The maximum atomic E-state index is 12.5. The molecule has 1 aliphatic rings. The van der Waals surface area contributed by atoms with E-state index < -0.39 is 0 Å². The van der Waals surface area contributed by atoms with Crippen molar-refractivity contribution in [2.75, 3.05) is 31.6 Å². The highest BCUT2D eigenvalue weighted by molar-refractivity contribution is 5.93. The number of para-hydroxylation sites is 1. The van der Waals surface area contributed by atoms with Crippen LogP contribution in [0.4, 0.5) is 5.69 Å². The number of aromatic amines is 1. The van der Waals surface area contributed by atoms with Gasteiger partial charge < -0.3 is 15.0 Å². The fourth-order valence-electron chi connectivity index (χ4n) is 3.59. The van der Waals surface area contributed by atoms with E-state index in [2.05, 4.69) is 44.7 Å². The van der Waals surface area contributed by atoms with Crippen LogP contribution in [0.5, 0.6) is 5.75 Å². The van der Waals surface area contributed by atoms with E-state index in [1.54, 1.807) is 13.2 Å². The first kappa shape index (κ1) is 18.1. The summed E-state index contributed by atoms with van der Waals surface area (Å²) in [5.74, 6) is 0.647. The third-order valence-corrected chi connectivity index (χ3v) is 5.08. The zero-order valence-corrected chi connectivity index (χ0v) is 15.9. The predicted octanol–water partition coefficient (Wildman–Crippen LogP) is 3.27. The van der Waals surface area contributed by atoms with Crippen molar-refractivity contribution in [3.63, 3.8) is 0 Å². The number of anilines is 1. The van der Waals surface area contributed by atoms with E-state index in [1.165, 1.54) is 11.3 Å². The summed E-state index contributed by atoms with van der Waals surface area (Å²) in [4.78, 5) is 14.8. The Morgan fingerprint density at radius 1 is 1.21 bits per heavy atom. The third-order valence-electron chi connectivity index (χ3n) is 5.08. The molecule has 1 aromatic heterocycles. The van der Waals surface area contributed by atoms with Gasteiger partial charge in [-0.25, -0.2) is 0 Å². The minimum atomic E-state index is -0.141. The number of H-pyrrole nitrogens is 1. The lowest BCUT2D eigenvalue weighted by molar-refractivity contribution is 0.0949. The molecule has 0 radical (unpaired) electrons. The molecule has 4 rings (SSSR count). The number of amides is 1. The summed E-state index contributed by atoms with van der Waals surface area (Å²) in [6.45, 7) is 2.41. The van der Waals surface area contributed by atoms with Crippen molar-refractivity contribution in [1.29, 1.82) is 0 Å². The summed E-state index contributed by atoms with van der Waals surface area (Å²) in [7, 11) is 1.63. The molecule has 0 unspecified atom stereocenters. The minimum Gasteiger partial charge on any atom is -0.497 e. The second kappa shape index (κ2) is 8.17. The Balaban J connectivity index is 1.34. The van der Waals surface area contributed by atoms with E-state index in [1.807, 2.05) is 24.3 Å². The second-order valence-electron chi connectivity index (χ2n) is 6.87. The third kappa shape index (κ3) is 3.86. The number of nitrogens with zero attached hydrogens (tertiary/aromatic N) is 2. The second-order valence-corrected chi connectivity index (χ2v) is 6.87. The molecule has 0 atom stereocenters. The molecule has 0 bridgehead atoms. The summed E-state index contributed by atoms with van der Waals surface area (Å²) >= 11 is 0. The largest absolute Gasteiger partial charge is 0.497 e. The lowest BCUT2D eigenvalue weighted by atomic mass is 10.0. The number of aryl methyl sites for hydroxylation is 1. The molecule has 144 valence electrons. The van der Waals surface area contributed by atoms with E-state index in [4.69, 9.17) is 4.74 Å². The standard InChI is InChI=1S/C22H24N4O2/c1-28-18-10-8-16(9-11-18)19-15-20(25-24-19)22(27)23-12-14-26-13-4-6-17-5-2-3-7-21(17)26/h2-3,5,7-11,15H,4,6,12-14H2,1H3,(H,23,27)(H,24,25). The van der Waals surface area contributed by atoms with Gasteiger partial charge in [0.1, 0.15) is 11.4 Å². The van der Waals surface area contributed by atoms with Crippen LogP contribution in [0.1, 0.15) is 22.5 Å². The van der Waals surface area contributed by atoms with Crippen molar-refractivity contribution in [3.05, 3.63) is 65.9 Å². The minimum absolute atomic E-state index is 0.141. The van der Waals surface area contributed by atoms with E-state index in [-0.39, 0.29) is 5.91 Å². The zero-order valence-electron chi connectivity index (χ0n) is 15.9. The summed E-state index contributed by atoms with van der Waals surface area (Å²) < 4.78 is 5.17. The average Bonchev–Trinajstić information content (AvgIpc) is 3.24. The maximum absolute atomic E-state index is 12.5. The van der Waals surface area contributed by atoms with Crippen LogP contribution in [-0.4, -0.2) is 42.8 Å². The van der Waals surface area contributed by atoms with Crippen molar-refractivity contribution in [1.82, 2.24) is 15.5 Å². The van der Waals surface area contributed by atoms with E-state index in [0.717, 1.165) is 42.9 Å². The van der Waals surface area contributed by atoms with E-state index in [0.29, 0.717) is 12.2 Å². The number of carbonyl (C=O) groups excluding carboxylic acids is 1. The van der Waals surface area contributed by atoms with Crippen molar-refractivity contribution in [2.45, 2.75) is 12.8 Å². The molecule has 6 nitrogen and oxygen atoms in total. The molecule has 0 saturated carbocycles. The van der Waals surface area contributed by atoms with Crippen LogP contribution in [0.25, 0.3) is 11.3 Å². The van der Waals surface area contributed by atoms with Crippen LogP contribution in [0.2, 0.25) is 0 Å². The Morgan fingerprint density at radius 3 is 2.86 bits per heavy atom. The topological polar surface area (TPSA) is 70.2 Å². The summed E-state index contributed by atoms with van der Waals surface area (Å²) in [5.41, 5.74) is 4.80. The first-order chi connectivity index (χ1) is 13.7. The quantitative estimate of drug-likeness (QED) is 0.693. The van der Waals surface area contributed by atoms with Crippen molar-refractivity contribution in [2.24, 2.45) is 0 Å². The Bertz CT molecular complexity index is 949. The van der Waals surface area contributed by atoms with Gasteiger partial charge in [0.05, 0.1) is 12.8 Å². The molecule has 2 heterocycles. The number of ether oxygens (including phenoxy) is 1. The van der Waals surface area contributed by atoms with Crippen molar-refractivity contribution < 1.29 is 9.53 Å². The lowest BCUT2D eigenvalue weighted by Gasteiger charge is -2.31. The SMILES string of the molecule is COc1ccc(-c2cc(C(=O)NCCN3CCCc4ccccc43)[nH]n2)cc1. The summed E-state index contributed by atoms with van der Waals surface area (Å²) in [6, 6.07) is 17.9. The Labute approximate surface area is 164 Å². The number of nitrogens with one attached hydrogen (secondary N) is 2. The maximum Gasteiger partial charge on any atom is 0.269 e. The lowest BCUT2D eigenvalue weighted by Crippen LogP contribution is -2.37. The molecule has 0 spiro atoms. The van der Waals surface area contributed by atoms with Crippen LogP contribution < -0.4 is 15.0 Å². The molecule has 1 amide bonds. The molecule has 2 N–H and O–H groups in total. The van der Waals surface area contributed by atoms with Gasteiger partial charge in [0.15, 0.2) is 0 Å². The van der Waals surface area contributed by atoms with Gasteiger partial charge in [-0.3, -0.25) is 9.89 Å². The number of hydrogen-bond donors (Lipinski definition) is 2. The zero-order chi connectivity index (χ0) is 19.3. The Morgan fingerprint density at radius 2 is 2.04 bits per heavy atom. The highest BCUT2D eigenvalue weighted by atomic mass is 16.5. The molecular weight excluding hydrogens is 352 g/mol. The molecular formula is C22H24N4O2.